The minimum atomic E-state index is 0.470. The molecule has 0 aromatic rings. The minimum absolute atomic E-state index is 0.470. The van der Waals surface area contributed by atoms with Crippen molar-refractivity contribution in [2.45, 2.75) is 97.7 Å². The van der Waals surface area contributed by atoms with E-state index in [1.54, 1.807) is 0 Å². The maximum atomic E-state index is 3.70. The van der Waals surface area contributed by atoms with Crippen LogP contribution in [0.15, 0.2) is 0 Å². The van der Waals surface area contributed by atoms with Crippen molar-refractivity contribution in [1.29, 1.82) is 0 Å². The van der Waals surface area contributed by atoms with E-state index < -0.39 is 0 Å². The number of nitrogens with zero attached hydrogens (tertiary/aromatic N) is 1. The lowest BCUT2D eigenvalue weighted by molar-refractivity contribution is 0.116. The monoisotopic (exact) mass is 282 g/mol. The Balaban J connectivity index is 2.33. The average molecular weight is 283 g/mol. The first kappa shape index (κ1) is 18.0. The fraction of sp³-hybridized carbons (Fsp3) is 1.00. The normalized spacial score (nSPS) is 24.6. The predicted molar refractivity (Wildman–Crippen MR) is 90.3 cm³/mol. The molecule has 0 heterocycles. The molecule has 2 heteroatoms. The van der Waals surface area contributed by atoms with E-state index in [1.165, 1.54) is 51.5 Å². The zero-order valence-electron chi connectivity index (χ0n) is 14.8. The van der Waals surface area contributed by atoms with Gasteiger partial charge in [0.1, 0.15) is 0 Å². The van der Waals surface area contributed by atoms with Crippen molar-refractivity contribution < 1.29 is 0 Å². The third-order valence-electron chi connectivity index (χ3n) is 4.77. The Morgan fingerprint density at radius 3 is 2.25 bits per heavy atom. The Morgan fingerprint density at radius 2 is 1.75 bits per heavy atom. The van der Waals surface area contributed by atoms with Crippen molar-refractivity contribution in [3.63, 3.8) is 0 Å². The summed E-state index contributed by atoms with van der Waals surface area (Å²) in [6.45, 7) is 12.9. The van der Waals surface area contributed by atoms with Gasteiger partial charge in [-0.05, 0) is 44.6 Å². The van der Waals surface area contributed by atoms with E-state index in [0.717, 1.165) is 12.1 Å². The summed E-state index contributed by atoms with van der Waals surface area (Å²) in [5.41, 5.74) is 0.470. The van der Waals surface area contributed by atoms with Crippen LogP contribution in [-0.2, 0) is 0 Å². The topological polar surface area (TPSA) is 15.3 Å². The number of nitrogens with one attached hydrogen (secondary N) is 1. The van der Waals surface area contributed by atoms with Gasteiger partial charge in [-0.1, -0.05) is 47.5 Å². The van der Waals surface area contributed by atoms with Crippen LogP contribution >= 0.6 is 0 Å². The molecule has 1 rings (SSSR count). The number of hydrogen-bond donors (Lipinski definition) is 1. The standard InChI is InChI=1S/C18H38N2/c1-7-8-13-18(4,5)14-20(6)17-11-9-16(10-12-17)19-15(2)3/h15-17,19H,7-14H2,1-6H3/t16-,17+. The second-order valence-electron chi connectivity index (χ2n) is 8.01. The number of unbranched alkanes of at least 4 members (excludes halogenated alkanes) is 1. The first-order chi connectivity index (χ1) is 9.34. The highest BCUT2D eigenvalue weighted by atomic mass is 15.1. The van der Waals surface area contributed by atoms with Crippen LogP contribution in [0.1, 0.15) is 79.6 Å². The zero-order chi connectivity index (χ0) is 15.2. The molecular formula is C18H38N2. The molecule has 120 valence electrons. The Kier molecular flexibility index (Phi) is 7.53. The lowest BCUT2D eigenvalue weighted by Gasteiger charge is -2.39. The van der Waals surface area contributed by atoms with Crippen LogP contribution in [0.4, 0.5) is 0 Å². The van der Waals surface area contributed by atoms with E-state index in [9.17, 15) is 0 Å². The summed E-state index contributed by atoms with van der Waals surface area (Å²) < 4.78 is 0. The van der Waals surface area contributed by atoms with E-state index in [1.807, 2.05) is 0 Å². The third kappa shape index (κ3) is 6.58. The van der Waals surface area contributed by atoms with Gasteiger partial charge in [-0.3, -0.25) is 0 Å². The summed E-state index contributed by atoms with van der Waals surface area (Å²) in [6, 6.07) is 2.19. The highest BCUT2D eigenvalue weighted by molar-refractivity contribution is 4.84. The van der Waals surface area contributed by atoms with Gasteiger partial charge in [-0.15, -0.1) is 0 Å². The quantitative estimate of drug-likeness (QED) is 0.708. The fourth-order valence-corrected chi connectivity index (χ4v) is 3.69. The van der Waals surface area contributed by atoms with E-state index in [-0.39, 0.29) is 0 Å². The summed E-state index contributed by atoms with van der Waals surface area (Å²) in [6.07, 6.45) is 9.48. The van der Waals surface area contributed by atoms with E-state index in [4.69, 9.17) is 0 Å². The van der Waals surface area contributed by atoms with Gasteiger partial charge < -0.3 is 10.2 Å². The highest BCUT2D eigenvalue weighted by Gasteiger charge is 2.27. The predicted octanol–water partition coefficient (Wildman–Crippen LogP) is 4.44. The number of rotatable bonds is 8. The van der Waals surface area contributed by atoms with E-state index in [0.29, 0.717) is 11.5 Å². The molecule has 0 aromatic heterocycles. The summed E-state index contributed by atoms with van der Waals surface area (Å²) in [7, 11) is 2.34. The Morgan fingerprint density at radius 1 is 1.15 bits per heavy atom. The molecule has 0 amide bonds. The van der Waals surface area contributed by atoms with Crippen molar-refractivity contribution in [3.05, 3.63) is 0 Å². The third-order valence-corrected chi connectivity index (χ3v) is 4.77. The van der Waals surface area contributed by atoms with Crippen LogP contribution < -0.4 is 5.32 Å². The van der Waals surface area contributed by atoms with Gasteiger partial charge in [0, 0.05) is 24.7 Å². The Bertz CT molecular complexity index is 252. The summed E-state index contributed by atoms with van der Waals surface area (Å²) in [5.74, 6) is 0. The van der Waals surface area contributed by atoms with Gasteiger partial charge in [0.05, 0.1) is 0 Å². The maximum absolute atomic E-state index is 3.70. The van der Waals surface area contributed by atoms with Gasteiger partial charge in [0.15, 0.2) is 0 Å². The molecule has 0 unspecified atom stereocenters. The van der Waals surface area contributed by atoms with E-state index in [2.05, 4.69) is 51.9 Å². The molecular weight excluding hydrogens is 244 g/mol. The highest BCUT2D eigenvalue weighted by Crippen LogP contribution is 2.28. The number of hydrogen-bond acceptors (Lipinski definition) is 2. The molecule has 0 aromatic carbocycles. The van der Waals surface area contributed by atoms with Gasteiger partial charge >= 0.3 is 0 Å². The minimum Gasteiger partial charge on any atom is -0.312 e. The van der Waals surface area contributed by atoms with Crippen LogP contribution in [0.2, 0.25) is 0 Å². The molecule has 1 fully saturated rings. The molecule has 20 heavy (non-hydrogen) atoms. The van der Waals surface area contributed by atoms with Crippen LogP contribution in [0.3, 0.4) is 0 Å². The first-order valence-electron chi connectivity index (χ1n) is 8.80. The van der Waals surface area contributed by atoms with Gasteiger partial charge in [0.25, 0.3) is 0 Å². The molecule has 0 saturated heterocycles. The van der Waals surface area contributed by atoms with Crippen LogP contribution in [-0.4, -0.2) is 36.6 Å². The van der Waals surface area contributed by atoms with Gasteiger partial charge in [-0.25, -0.2) is 0 Å². The van der Waals surface area contributed by atoms with Crippen molar-refractivity contribution >= 4 is 0 Å². The fourth-order valence-electron chi connectivity index (χ4n) is 3.69. The molecule has 1 saturated carbocycles. The Hall–Kier alpha value is -0.0800. The first-order valence-corrected chi connectivity index (χ1v) is 8.80. The Labute approximate surface area is 127 Å². The summed E-state index contributed by atoms with van der Waals surface area (Å²) in [5, 5.41) is 3.70. The molecule has 0 atom stereocenters. The summed E-state index contributed by atoms with van der Waals surface area (Å²) >= 11 is 0. The second kappa shape index (κ2) is 8.38. The van der Waals surface area contributed by atoms with Crippen LogP contribution in [0, 0.1) is 5.41 Å². The molecule has 2 nitrogen and oxygen atoms in total. The SMILES string of the molecule is CCCCC(C)(C)CN(C)[C@H]1CC[C@@H](NC(C)C)CC1. The lowest BCUT2D eigenvalue weighted by atomic mass is 9.84. The summed E-state index contributed by atoms with van der Waals surface area (Å²) in [4.78, 5) is 2.64. The van der Waals surface area contributed by atoms with E-state index >= 15 is 0 Å². The maximum Gasteiger partial charge on any atom is 0.00935 e. The van der Waals surface area contributed by atoms with Crippen LogP contribution in [0.25, 0.3) is 0 Å². The van der Waals surface area contributed by atoms with Crippen molar-refractivity contribution in [3.8, 4) is 0 Å². The van der Waals surface area contributed by atoms with Gasteiger partial charge in [-0.2, -0.15) is 0 Å². The molecule has 0 bridgehead atoms. The molecule has 1 aliphatic carbocycles. The average Bonchev–Trinajstić information content (AvgIpc) is 2.36. The molecule has 1 aliphatic rings. The molecule has 1 N–H and O–H groups in total. The molecule has 0 aliphatic heterocycles. The second-order valence-corrected chi connectivity index (χ2v) is 8.01. The zero-order valence-corrected chi connectivity index (χ0v) is 14.8. The largest absolute Gasteiger partial charge is 0.312 e. The lowest BCUT2D eigenvalue weighted by Crippen LogP contribution is -2.45. The van der Waals surface area contributed by atoms with Crippen molar-refractivity contribution in [2.75, 3.05) is 13.6 Å². The van der Waals surface area contributed by atoms with Crippen molar-refractivity contribution in [1.82, 2.24) is 10.2 Å². The van der Waals surface area contributed by atoms with Crippen LogP contribution in [0.5, 0.6) is 0 Å². The smallest absolute Gasteiger partial charge is 0.00935 e. The molecule has 0 spiro atoms. The van der Waals surface area contributed by atoms with Gasteiger partial charge in [0.2, 0.25) is 0 Å². The molecule has 0 radical (unpaired) electrons. The van der Waals surface area contributed by atoms with Crippen molar-refractivity contribution in [2.24, 2.45) is 5.41 Å².